The Balaban J connectivity index is 4.69. The number of carboxylic acid groups (broad SMARTS) is 1. The highest BCUT2D eigenvalue weighted by Crippen LogP contribution is 2.22. The van der Waals surface area contributed by atoms with Crippen molar-refractivity contribution in [3.63, 3.8) is 0 Å². The quantitative estimate of drug-likeness (QED) is 0.466. The Morgan fingerprint density at radius 1 is 1.04 bits per heavy atom. The zero-order valence-electron chi connectivity index (χ0n) is 15.5. The molecule has 0 rings (SSSR count). The molecule has 0 aliphatic carbocycles. The summed E-state index contributed by atoms with van der Waals surface area (Å²) in [5.74, 6) is -1.55. The molecule has 2 N–H and O–H groups in total. The molecule has 0 spiro atoms. The molecule has 7 heteroatoms. The van der Waals surface area contributed by atoms with Crippen LogP contribution in [-0.2, 0) is 19.1 Å². The van der Waals surface area contributed by atoms with E-state index in [0.717, 1.165) is 12.8 Å². The first-order valence-electron chi connectivity index (χ1n) is 8.47. The third kappa shape index (κ3) is 8.74. The van der Waals surface area contributed by atoms with Gasteiger partial charge in [0, 0.05) is 13.0 Å². The van der Waals surface area contributed by atoms with E-state index in [0.29, 0.717) is 0 Å². The number of nitrogens with one attached hydrogen (secondary N) is 1. The van der Waals surface area contributed by atoms with E-state index in [1.807, 2.05) is 13.8 Å². The van der Waals surface area contributed by atoms with Crippen LogP contribution in [0.15, 0.2) is 0 Å². The largest absolute Gasteiger partial charge is 0.481 e. The van der Waals surface area contributed by atoms with E-state index in [2.05, 4.69) is 12.2 Å². The van der Waals surface area contributed by atoms with Crippen LogP contribution in [0.4, 0.5) is 4.79 Å². The smallest absolute Gasteiger partial charge is 0.410 e. The molecule has 0 radical (unpaired) electrons. The zero-order chi connectivity index (χ0) is 18.9. The predicted molar refractivity (Wildman–Crippen MR) is 89.3 cm³/mol. The molecule has 0 heterocycles. The summed E-state index contributed by atoms with van der Waals surface area (Å²) in [5.41, 5.74) is 0. The van der Waals surface area contributed by atoms with Crippen molar-refractivity contribution in [3.8, 4) is 0 Å². The van der Waals surface area contributed by atoms with E-state index < -0.39 is 30.4 Å². The molecule has 0 bridgehead atoms. The van der Waals surface area contributed by atoms with E-state index in [-0.39, 0.29) is 24.2 Å². The number of carbonyl (C=O) groups is 3. The Kier molecular flexibility index (Phi) is 10.1. The lowest BCUT2D eigenvalue weighted by Gasteiger charge is -2.28. The van der Waals surface area contributed by atoms with E-state index >= 15 is 0 Å². The highest BCUT2D eigenvalue weighted by Gasteiger charge is 2.27. The van der Waals surface area contributed by atoms with Crippen LogP contribution in [0.25, 0.3) is 0 Å². The number of amides is 1. The van der Waals surface area contributed by atoms with Crippen LogP contribution in [0, 0.1) is 17.8 Å². The summed E-state index contributed by atoms with van der Waals surface area (Å²) in [5, 5.41) is 11.6. The lowest BCUT2D eigenvalue weighted by Crippen LogP contribution is -2.44. The molecule has 0 saturated carbocycles. The van der Waals surface area contributed by atoms with Gasteiger partial charge in [0.1, 0.15) is 0 Å². The lowest BCUT2D eigenvalue weighted by atomic mass is 9.84. The van der Waals surface area contributed by atoms with Crippen molar-refractivity contribution in [1.82, 2.24) is 5.32 Å². The highest BCUT2D eigenvalue weighted by molar-refractivity contribution is 5.73. The van der Waals surface area contributed by atoms with Crippen LogP contribution in [0.2, 0.25) is 0 Å². The third-order valence-electron chi connectivity index (χ3n) is 4.00. The molecule has 4 atom stereocenters. The fraction of sp³-hybridized carbons (Fsp3) is 0.824. The van der Waals surface area contributed by atoms with Gasteiger partial charge in [-0.15, -0.1) is 0 Å². The molecule has 0 unspecified atom stereocenters. The summed E-state index contributed by atoms with van der Waals surface area (Å²) < 4.78 is 9.94. The second-order valence-corrected chi connectivity index (χ2v) is 6.54. The Bertz CT molecular complexity index is 423. The molecule has 0 aliphatic rings. The van der Waals surface area contributed by atoms with Crippen molar-refractivity contribution in [2.45, 2.75) is 73.1 Å². The highest BCUT2D eigenvalue weighted by atomic mass is 16.7. The van der Waals surface area contributed by atoms with Gasteiger partial charge in [-0.05, 0) is 11.8 Å². The fourth-order valence-electron chi connectivity index (χ4n) is 2.33. The maximum absolute atomic E-state index is 12.0. The monoisotopic (exact) mass is 345 g/mol. The van der Waals surface area contributed by atoms with Gasteiger partial charge in [-0.1, -0.05) is 47.5 Å². The van der Waals surface area contributed by atoms with Gasteiger partial charge in [0.15, 0.2) is 0 Å². The maximum atomic E-state index is 12.0. The van der Waals surface area contributed by atoms with Gasteiger partial charge >= 0.3 is 18.0 Å². The molecule has 0 aromatic rings. The van der Waals surface area contributed by atoms with Gasteiger partial charge in [0.2, 0.25) is 6.29 Å². The lowest BCUT2D eigenvalue weighted by molar-refractivity contribution is -0.168. The molecule has 0 saturated heterocycles. The third-order valence-corrected chi connectivity index (χ3v) is 4.00. The zero-order valence-corrected chi connectivity index (χ0v) is 15.5. The first-order valence-corrected chi connectivity index (χ1v) is 8.47. The average Bonchev–Trinajstić information content (AvgIpc) is 2.44. The van der Waals surface area contributed by atoms with Gasteiger partial charge in [-0.3, -0.25) is 9.59 Å². The van der Waals surface area contributed by atoms with Crippen molar-refractivity contribution in [2.24, 2.45) is 17.8 Å². The summed E-state index contributed by atoms with van der Waals surface area (Å²) >= 11 is 0. The fourth-order valence-corrected chi connectivity index (χ4v) is 2.33. The van der Waals surface area contributed by atoms with Crippen LogP contribution in [-0.4, -0.2) is 35.5 Å². The van der Waals surface area contributed by atoms with Crippen LogP contribution < -0.4 is 5.32 Å². The van der Waals surface area contributed by atoms with E-state index in [4.69, 9.17) is 14.6 Å². The Hall–Kier alpha value is -1.79. The van der Waals surface area contributed by atoms with Gasteiger partial charge in [-0.2, -0.15) is 0 Å². The van der Waals surface area contributed by atoms with Crippen molar-refractivity contribution >= 4 is 18.0 Å². The number of carboxylic acids is 1. The molecular weight excluding hydrogens is 314 g/mol. The van der Waals surface area contributed by atoms with E-state index in [1.165, 1.54) is 6.92 Å². The van der Waals surface area contributed by atoms with Gasteiger partial charge in [-0.25, -0.2) is 4.79 Å². The topological polar surface area (TPSA) is 102 Å². The second kappa shape index (κ2) is 10.9. The molecular formula is C17H31NO6. The standard InChI is InChI=1S/C17H31NO6/c1-7-8-11(4)12(5)14(9-15(19)20)18-17(22)24-13(6)23-16(21)10(2)3/h10-14H,7-9H2,1-6H3,(H,18,22)(H,19,20)/t11-,12-,13-,14+/m1/s1. The number of rotatable bonds is 10. The Labute approximate surface area is 144 Å². The van der Waals surface area contributed by atoms with Gasteiger partial charge in [0.05, 0.1) is 12.3 Å². The molecule has 7 nitrogen and oxygen atoms in total. The number of hydrogen-bond donors (Lipinski definition) is 2. The van der Waals surface area contributed by atoms with Crippen LogP contribution >= 0.6 is 0 Å². The molecule has 0 aliphatic heterocycles. The first-order chi connectivity index (χ1) is 11.1. The van der Waals surface area contributed by atoms with Crippen LogP contribution in [0.5, 0.6) is 0 Å². The summed E-state index contributed by atoms with van der Waals surface area (Å²) in [4.78, 5) is 34.5. The van der Waals surface area contributed by atoms with Crippen LogP contribution in [0.1, 0.15) is 60.8 Å². The number of aliphatic carboxylic acids is 1. The van der Waals surface area contributed by atoms with Crippen molar-refractivity contribution in [3.05, 3.63) is 0 Å². The number of alkyl carbamates (subject to hydrolysis) is 1. The SMILES string of the molecule is CCC[C@@H](C)[C@@H](C)[C@H](CC(=O)O)NC(=O)O[C@H](C)OC(=O)C(C)C. The molecule has 0 fully saturated rings. The number of esters is 1. The van der Waals surface area contributed by atoms with Crippen molar-refractivity contribution in [2.75, 3.05) is 0 Å². The minimum Gasteiger partial charge on any atom is -0.481 e. The maximum Gasteiger partial charge on any atom is 0.410 e. The molecule has 140 valence electrons. The summed E-state index contributed by atoms with van der Waals surface area (Å²) in [6, 6.07) is -0.551. The van der Waals surface area contributed by atoms with Crippen molar-refractivity contribution < 1.29 is 29.0 Å². The molecule has 1 amide bonds. The van der Waals surface area contributed by atoms with E-state index in [1.54, 1.807) is 13.8 Å². The Morgan fingerprint density at radius 2 is 1.62 bits per heavy atom. The molecule has 0 aromatic carbocycles. The normalized spacial score (nSPS) is 16.0. The number of carbonyl (C=O) groups excluding carboxylic acids is 2. The summed E-state index contributed by atoms with van der Waals surface area (Å²) in [6.45, 7) is 10.8. The van der Waals surface area contributed by atoms with E-state index in [9.17, 15) is 14.4 Å². The minimum absolute atomic E-state index is 0.0258. The predicted octanol–water partition coefficient (Wildman–Crippen LogP) is 3.17. The second-order valence-electron chi connectivity index (χ2n) is 6.54. The summed E-state index contributed by atoms with van der Waals surface area (Å²) in [7, 11) is 0. The van der Waals surface area contributed by atoms with Crippen molar-refractivity contribution in [1.29, 1.82) is 0 Å². The summed E-state index contributed by atoms with van der Waals surface area (Å²) in [6.07, 6.45) is -0.0895. The molecule has 0 aromatic heterocycles. The number of hydrogen-bond acceptors (Lipinski definition) is 5. The number of ether oxygens (including phenoxy) is 2. The molecule has 24 heavy (non-hydrogen) atoms. The Morgan fingerprint density at radius 3 is 2.08 bits per heavy atom. The first kappa shape index (κ1) is 22.2. The minimum atomic E-state index is -1.03. The van der Waals surface area contributed by atoms with Crippen LogP contribution in [0.3, 0.4) is 0 Å². The van der Waals surface area contributed by atoms with Gasteiger partial charge in [0.25, 0.3) is 0 Å². The van der Waals surface area contributed by atoms with Gasteiger partial charge < -0.3 is 19.9 Å². The average molecular weight is 345 g/mol.